The Balaban J connectivity index is 2.16. The molecule has 0 aliphatic heterocycles. The first-order chi connectivity index (χ1) is 8.24. The van der Waals surface area contributed by atoms with Gasteiger partial charge in [0.2, 0.25) is 0 Å². The maximum atomic E-state index is 5.83. The zero-order chi connectivity index (χ0) is 12.3. The van der Waals surface area contributed by atoms with Gasteiger partial charge in [0.1, 0.15) is 0 Å². The minimum absolute atomic E-state index is 0.662. The number of hydrogen-bond acceptors (Lipinski definition) is 3. The van der Waals surface area contributed by atoms with E-state index in [9.17, 15) is 0 Å². The number of nitrogens with two attached hydrogens (primary N) is 1. The molecule has 0 spiro atoms. The fourth-order valence-corrected chi connectivity index (χ4v) is 1.89. The molecule has 2 N–H and O–H groups in total. The lowest BCUT2D eigenvalue weighted by Crippen LogP contribution is -2.06. The van der Waals surface area contributed by atoms with Gasteiger partial charge in [-0.1, -0.05) is 0 Å². The van der Waals surface area contributed by atoms with Crippen molar-refractivity contribution in [2.75, 3.05) is 20.3 Å². The molecule has 0 bridgehead atoms. The molecule has 0 amide bonds. The van der Waals surface area contributed by atoms with Gasteiger partial charge in [0.15, 0.2) is 11.5 Å². The summed E-state index contributed by atoms with van der Waals surface area (Å²) in [5.74, 6) is 2.43. The number of hydrogen-bond donors (Lipinski definition) is 1. The summed E-state index contributed by atoms with van der Waals surface area (Å²) in [5, 5.41) is 0. The second-order valence-corrected chi connectivity index (χ2v) is 4.72. The van der Waals surface area contributed by atoms with Crippen LogP contribution in [0.15, 0.2) is 12.1 Å². The Morgan fingerprint density at radius 1 is 1.29 bits per heavy atom. The van der Waals surface area contributed by atoms with Gasteiger partial charge in [0, 0.05) is 0 Å². The molecule has 94 valence electrons. The first-order valence-electron chi connectivity index (χ1n) is 6.25. The van der Waals surface area contributed by atoms with Gasteiger partial charge in [0.05, 0.1) is 13.7 Å². The molecule has 2 rings (SSSR count). The van der Waals surface area contributed by atoms with Crippen LogP contribution in [-0.4, -0.2) is 20.3 Å². The van der Waals surface area contributed by atoms with E-state index in [-0.39, 0.29) is 0 Å². The van der Waals surface area contributed by atoms with Gasteiger partial charge in [-0.2, -0.15) is 0 Å². The zero-order valence-corrected chi connectivity index (χ0v) is 10.7. The average molecular weight is 235 g/mol. The molecule has 0 radical (unpaired) electrons. The third-order valence-electron chi connectivity index (χ3n) is 3.21. The Kier molecular flexibility index (Phi) is 3.89. The quantitative estimate of drug-likeness (QED) is 0.822. The van der Waals surface area contributed by atoms with E-state index in [2.05, 4.69) is 13.0 Å². The molecule has 1 aromatic carbocycles. The van der Waals surface area contributed by atoms with Crippen molar-refractivity contribution in [3.63, 3.8) is 0 Å². The van der Waals surface area contributed by atoms with E-state index in [0.29, 0.717) is 6.54 Å². The maximum absolute atomic E-state index is 5.83. The summed E-state index contributed by atoms with van der Waals surface area (Å²) in [6.45, 7) is 3.55. The SMILES string of the molecule is COc1cc(C)c(CCN)cc1OCC1CC1. The van der Waals surface area contributed by atoms with Crippen LogP contribution in [0.1, 0.15) is 24.0 Å². The van der Waals surface area contributed by atoms with Crippen molar-refractivity contribution in [2.24, 2.45) is 11.7 Å². The predicted molar refractivity (Wildman–Crippen MR) is 68.7 cm³/mol. The van der Waals surface area contributed by atoms with Crippen molar-refractivity contribution >= 4 is 0 Å². The minimum Gasteiger partial charge on any atom is -0.493 e. The van der Waals surface area contributed by atoms with E-state index in [0.717, 1.165) is 30.4 Å². The van der Waals surface area contributed by atoms with Crippen LogP contribution < -0.4 is 15.2 Å². The fourth-order valence-electron chi connectivity index (χ4n) is 1.89. The molecule has 1 aliphatic carbocycles. The molecule has 1 saturated carbocycles. The van der Waals surface area contributed by atoms with E-state index in [1.54, 1.807) is 7.11 Å². The van der Waals surface area contributed by atoms with Gasteiger partial charge >= 0.3 is 0 Å². The summed E-state index contributed by atoms with van der Waals surface area (Å²) in [5.41, 5.74) is 8.07. The lowest BCUT2D eigenvalue weighted by Gasteiger charge is -2.14. The highest BCUT2D eigenvalue weighted by Gasteiger charge is 2.22. The van der Waals surface area contributed by atoms with Gasteiger partial charge in [-0.25, -0.2) is 0 Å². The maximum Gasteiger partial charge on any atom is 0.161 e. The van der Waals surface area contributed by atoms with Crippen molar-refractivity contribution in [2.45, 2.75) is 26.2 Å². The van der Waals surface area contributed by atoms with Crippen LogP contribution in [0.25, 0.3) is 0 Å². The molecule has 1 aliphatic rings. The number of ether oxygens (including phenoxy) is 2. The number of aryl methyl sites for hydroxylation is 1. The predicted octanol–water partition coefficient (Wildman–Crippen LogP) is 2.29. The van der Waals surface area contributed by atoms with E-state index >= 15 is 0 Å². The van der Waals surface area contributed by atoms with Gasteiger partial charge in [-0.05, 0) is 61.9 Å². The topological polar surface area (TPSA) is 44.5 Å². The third kappa shape index (κ3) is 3.13. The second kappa shape index (κ2) is 5.41. The number of benzene rings is 1. The molecule has 17 heavy (non-hydrogen) atoms. The molecule has 3 heteroatoms. The van der Waals surface area contributed by atoms with Crippen molar-refractivity contribution in [1.29, 1.82) is 0 Å². The molecule has 3 nitrogen and oxygen atoms in total. The largest absolute Gasteiger partial charge is 0.493 e. The zero-order valence-electron chi connectivity index (χ0n) is 10.7. The van der Waals surface area contributed by atoms with Crippen molar-refractivity contribution in [1.82, 2.24) is 0 Å². The lowest BCUT2D eigenvalue weighted by atomic mass is 10.0. The Hall–Kier alpha value is -1.22. The second-order valence-electron chi connectivity index (χ2n) is 4.72. The summed E-state index contributed by atoms with van der Waals surface area (Å²) in [6.07, 6.45) is 3.48. The van der Waals surface area contributed by atoms with E-state index in [4.69, 9.17) is 15.2 Å². The van der Waals surface area contributed by atoms with Crippen LogP contribution in [0, 0.1) is 12.8 Å². The molecule has 0 atom stereocenters. The lowest BCUT2D eigenvalue weighted by molar-refractivity contribution is 0.280. The summed E-state index contributed by atoms with van der Waals surface area (Å²) in [7, 11) is 1.68. The van der Waals surface area contributed by atoms with Gasteiger partial charge in [-0.15, -0.1) is 0 Å². The standard InChI is InChI=1S/C14H21NO2/c1-10-7-13(16-2)14(8-12(10)5-6-15)17-9-11-3-4-11/h7-8,11H,3-6,9,15H2,1-2H3. The van der Waals surface area contributed by atoms with Gasteiger partial charge < -0.3 is 15.2 Å². The van der Waals surface area contributed by atoms with Crippen LogP contribution in [0.3, 0.4) is 0 Å². The number of methoxy groups -OCH3 is 1. The summed E-state index contributed by atoms with van der Waals surface area (Å²) in [4.78, 5) is 0. The highest BCUT2D eigenvalue weighted by molar-refractivity contribution is 5.47. The first-order valence-corrected chi connectivity index (χ1v) is 6.25. The van der Waals surface area contributed by atoms with Crippen LogP contribution in [0.2, 0.25) is 0 Å². The highest BCUT2D eigenvalue weighted by Crippen LogP contribution is 2.34. The Morgan fingerprint density at radius 3 is 2.65 bits per heavy atom. The normalized spacial score (nSPS) is 14.8. The van der Waals surface area contributed by atoms with Crippen LogP contribution >= 0.6 is 0 Å². The van der Waals surface area contributed by atoms with E-state index < -0.39 is 0 Å². The average Bonchev–Trinajstić information content (AvgIpc) is 3.13. The molecule has 1 fully saturated rings. The summed E-state index contributed by atoms with van der Waals surface area (Å²) in [6, 6.07) is 4.11. The molecule has 0 heterocycles. The molecule has 0 unspecified atom stereocenters. The van der Waals surface area contributed by atoms with Crippen LogP contribution in [-0.2, 0) is 6.42 Å². The molecular weight excluding hydrogens is 214 g/mol. The highest BCUT2D eigenvalue weighted by atomic mass is 16.5. The monoisotopic (exact) mass is 235 g/mol. The Bertz CT molecular complexity index is 386. The van der Waals surface area contributed by atoms with Crippen molar-refractivity contribution in [3.05, 3.63) is 23.3 Å². The van der Waals surface area contributed by atoms with Crippen LogP contribution in [0.5, 0.6) is 11.5 Å². The Labute approximate surface area is 103 Å². The van der Waals surface area contributed by atoms with E-state index in [1.807, 2.05) is 6.07 Å². The molecular formula is C14H21NO2. The van der Waals surface area contributed by atoms with Gasteiger partial charge in [-0.3, -0.25) is 0 Å². The first kappa shape index (κ1) is 12.2. The Morgan fingerprint density at radius 2 is 2.06 bits per heavy atom. The molecule has 0 saturated heterocycles. The van der Waals surface area contributed by atoms with Crippen LogP contribution in [0.4, 0.5) is 0 Å². The molecule has 1 aromatic rings. The van der Waals surface area contributed by atoms with E-state index in [1.165, 1.54) is 24.0 Å². The smallest absolute Gasteiger partial charge is 0.161 e. The molecule has 0 aromatic heterocycles. The number of rotatable bonds is 6. The minimum atomic E-state index is 0.662. The summed E-state index contributed by atoms with van der Waals surface area (Å²) < 4.78 is 11.2. The third-order valence-corrected chi connectivity index (χ3v) is 3.21. The van der Waals surface area contributed by atoms with Crippen molar-refractivity contribution in [3.8, 4) is 11.5 Å². The summed E-state index contributed by atoms with van der Waals surface area (Å²) >= 11 is 0. The van der Waals surface area contributed by atoms with Crippen molar-refractivity contribution < 1.29 is 9.47 Å². The van der Waals surface area contributed by atoms with Gasteiger partial charge in [0.25, 0.3) is 0 Å². The fraction of sp³-hybridized carbons (Fsp3) is 0.571.